The first-order valence-corrected chi connectivity index (χ1v) is 6.72. The second-order valence-electron chi connectivity index (χ2n) is 5.52. The summed E-state index contributed by atoms with van der Waals surface area (Å²) in [5.41, 5.74) is 1.02. The van der Waals surface area contributed by atoms with E-state index in [1.54, 1.807) is 12.1 Å². The molecule has 0 amide bonds. The molecule has 2 nitrogen and oxygen atoms in total. The molecule has 1 fully saturated rings. The maximum absolute atomic E-state index is 13.7. The van der Waals surface area contributed by atoms with Gasteiger partial charge in [0.15, 0.2) is 11.6 Å². The van der Waals surface area contributed by atoms with Crippen LogP contribution in [-0.2, 0) is 0 Å². The molecule has 1 aliphatic carbocycles. The van der Waals surface area contributed by atoms with Crippen molar-refractivity contribution >= 4 is 0 Å². The van der Waals surface area contributed by atoms with Crippen molar-refractivity contribution in [2.45, 2.75) is 45.8 Å². The molecule has 1 aromatic rings. The zero-order valence-electron chi connectivity index (χ0n) is 11.4. The van der Waals surface area contributed by atoms with Gasteiger partial charge in [-0.2, -0.15) is 0 Å². The van der Waals surface area contributed by atoms with E-state index in [4.69, 9.17) is 4.74 Å². The second kappa shape index (κ2) is 5.70. The number of rotatable bonds is 6. The Morgan fingerprint density at radius 1 is 1.39 bits per heavy atom. The van der Waals surface area contributed by atoms with E-state index in [-0.39, 0.29) is 11.9 Å². The number of benzene rings is 1. The molecule has 0 radical (unpaired) electrons. The molecule has 1 unspecified atom stereocenters. The van der Waals surface area contributed by atoms with Gasteiger partial charge in [0.2, 0.25) is 0 Å². The number of hydrogen-bond donors (Lipinski definition) is 1. The average Bonchev–Trinajstić information content (AvgIpc) is 3.12. The van der Waals surface area contributed by atoms with Crippen LogP contribution < -0.4 is 10.1 Å². The van der Waals surface area contributed by atoms with Gasteiger partial charge in [-0.05, 0) is 43.4 Å². The van der Waals surface area contributed by atoms with Gasteiger partial charge in [0.25, 0.3) is 0 Å². The third-order valence-electron chi connectivity index (χ3n) is 3.29. The Balaban J connectivity index is 1.99. The van der Waals surface area contributed by atoms with Gasteiger partial charge in [-0.15, -0.1) is 0 Å². The Labute approximate surface area is 109 Å². The fourth-order valence-electron chi connectivity index (χ4n) is 1.85. The third-order valence-corrected chi connectivity index (χ3v) is 3.29. The highest BCUT2D eigenvalue weighted by Crippen LogP contribution is 2.23. The first kappa shape index (κ1) is 13.3. The highest BCUT2D eigenvalue weighted by Gasteiger charge is 2.24. The summed E-state index contributed by atoms with van der Waals surface area (Å²) in [7, 11) is 0. The molecule has 3 heteroatoms. The highest BCUT2D eigenvalue weighted by molar-refractivity contribution is 5.29. The van der Waals surface area contributed by atoms with Crippen LogP contribution in [0.1, 0.15) is 32.3 Å². The summed E-state index contributed by atoms with van der Waals surface area (Å²) < 4.78 is 19.5. The van der Waals surface area contributed by atoms with E-state index >= 15 is 0 Å². The molecule has 0 spiro atoms. The molecule has 0 aliphatic heterocycles. The lowest BCUT2D eigenvalue weighted by Crippen LogP contribution is -2.36. The Hall–Kier alpha value is -1.09. The lowest BCUT2D eigenvalue weighted by Gasteiger charge is -2.23. The topological polar surface area (TPSA) is 21.3 Å². The van der Waals surface area contributed by atoms with Crippen LogP contribution >= 0.6 is 0 Å². The Kier molecular flexibility index (Phi) is 4.23. The van der Waals surface area contributed by atoms with Gasteiger partial charge in [-0.3, -0.25) is 0 Å². The van der Waals surface area contributed by atoms with Crippen LogP contribution in [0.25, 0.3) is 0 Å². The summed E-state index contributed by atoms with van der Waals surface area (Å²) in [5.74, 6) is 0.445. The number of ether oxygens (including phenoxy) is 1. The summed E-state index contributed by atoms with van der Waals surface area (Å²) in [6, 6.07) is 5.64. The van der Waals surface area contributed by atoms with Gasteiger partial charge >= 0.3 is 0 Å². The predicted octanol–water partition coefficient (Wildman–Crippen LogP) is 3.29. The second-order valence-corrected chi connectivity index (χ2v) is 5.52. The van der Waals surface area contributed by atoms with E-state index in [0.717, 1.165) is 12.1 Å². The van der Waals surface area contributed by atoms with Crippen LogP contribution in [0, 0.1) is 18.7 Å². The molecule has 1 aromatic carbocycles. The van der Waals surface area contributed by atoms with Crippen molar-refractivity contribution in [3.05, 3.63) is 29.6 Å². The zero-order valence-corrected chi connectivity index (χ0v) is 11.4. The number of aryl methyl sites for hydroxylation is 1. The molecule has 1 saturated carbocycles. The lowest BCUT2D eigenvalue weighted by molar-refractivity contribution is 0.142. The van der Waals surface area contributed by atoms with E-state index in [9.17, 15) is 4.39 Å². The summed E-state index contributed by atoms with van der Waals surface area (Å²) in [6.45, 7) is 6.94. The van der Waals surface area contributed by atoms with Crippen LogP contribution in [0.3, 0.4) is 0 Å². The largest absolute Gasteiger partial charge is 0.486 e. The molecule has 100 valence electrons. The van der Waals surface area contributed by atoms with Gasteiger partial charge < -0.3 is 10.1 Å². The van der Waals surface area contributed by atoms with E-state index in [1.165, 1.54) is 18.9 Å². The van der Waals surface area contributed by atoms with Crippen LogP contribution in [0.4, 0.5) is 4.39 Å². The molecule has 1 N–H and O–H groups in total. The van der Waals surface area contributed by atoms with Gasteiger partial charge in [0.05, 0.1) is 0 Å². The molecule has 0 bridgehead atoms. The predicted molar refractivity (Wildman–Crippen MR) is 71.4 cm³/mol. The summed E-state index contributed by atoms with van der Waals surface area (Å²) in [5, 5.41) is 3.44. The molecular formula is C15H22FNO. The Bertz CT molecular complexity index is 401. The van der Waals surface area contributed by atoms with E-state index in [1.807, 2.05) is 6.92 Å². The molecule has 0 saturated heterocycles. The molecule has 18 heavy (non-hydrogen) atoms. The van der Waals surface area contributed by atoms with Crippen LogP contribution in [0.15, 0.2) is 18.2 Å². The SMILES string of the molecule is Cc1ccc(F)c(OC(CNC2CC2)C(C)C)c1. The van der Waals surface area contributed by atoms with Crippen molar-refractivity contribution < 1.29 is 9.13 Å². The minimum Gasteiger partial charge on any atom is -0.486 e. The molecule has 1 atom stereocenters. The number of nitrogens with one attached hydrogen (secondary N) is 1. The maximum Gasteiger partial charge on any atom is 0.165 e. The molecule has 0 heterocycles. The van der Waals surface area contributed by atoms with Crippen molar-refractivity contribution in [2.75, 3.05) is 6.54 Å². The smallest absolute Gasteiger partial charge is 0.165 e. The highest BCUT2D eigenvalue weighted by atomic mass is 19.1. The van der Waals surface area contributed by atoms with E-state index in [0.29, 0.717) is 17.7 Å². The minimum absolute atomic E-state index is 0.0156. The van der Waals surface area contributed by atoms with Gasteiger partial charge in [-0.1, -0.05) is 19.9 Å². The maximum atomic E-state index is 13.7. The van der Waals surface area contributed by atoms with Crippen molar-refractivity contribution in [3.8, 4) is 5.75 Å². The first-order valence-electron chi connectivity index (χ1n) is 6.72. The minimum atomic E-state index is -0.280. The Morgan fingerprint density at radius 3 is 2.72 bits per heavy atom. The van der Waals surface area contributed by atoms with Crippen LogP contribution in [0.5, 0.6) is 5.75 Å². The first-order chi connectivity index (χ1) is 8.56. The van der Waals surface area contributed by atoms with Crippen LogP contribution in [0.2, 0.25) is 0 Å². The van der Waals surface area contributed by atoms with Crippen molar-refractivity contribution in [2.24, 2.45) is 5.92 Å². The van der Waals surface area contributed by atoms with Gasteiger partial charge in [0.1, 0.15) is 6.10 Å². The van der Waals surface area contributed by atoms with Crippen LogP contribution in [-0.4, -0.2) is 18.7 Å². The van der Waals surface area contributed by atoms with Crippen molar-refractivity contribution in [1.82, 2.24) is 5.32 Å². The Morgan fingerprint density at radius 2 is 2.11 bits per heavy atom. The summed E-state index contributed by atoms with van der Waals surface area (Å²) in [6.07, 6.45) is 2.52. The van der Waals surface area contributed by atoms with E-state index < -0.39 is 0 Å². The molecule has 0 aromatic heterocycles. The van der Waals surface area contributed by atoms with Crippen molar-refractivity contribution in [3.63, 3.8) is 0 Å². The quantitative estimate of drug-likeness (QED) is 0.837. The normalized spacial score (nSPS) is 16.9. The summed E-state index contributed by atoms with van der Waals surface area (Å²) >= 11 is 0. The molecular weight excluding hydrogens is 229 g/mol. The summed E-state index contributed by atoms with van der Waals surface area (Å²) in [4.78, 5) is 0. The van der Waals surface area contributed by atoms with E-state index in [2.05, 4.69) is 19.2 Å². The number of hydrogen-bond acceptors (Lipinski definition) is 2. The van der Waals surface area contributed by atoms with Gasteiger partial charge in [-0.25, -0.2) is 4.39 Å². The average molecular weight is 251 g/mol. The lowest BCUT2D eigenvalue weighted by atomic mass is 10.1. The standard InChI is InChI=1S/C15H22FNO/c1-10(2)15(9-17-12-5-6-12)18-14-8-11(3)4-7-13(14)16/h4,7-8,10,12,15,17H,5-6,9H2,1-3H3. The molecule has 2 rings (SSSR count). The van der Waals surface area contributed by atoms with Crippen molar-refractivity contribution in [1.29, 1.82) is 0 Å². The number of halogens is 1. The fourth-order valence-corrected chi connectivity index (χ4v) is 1.85. The monoisotopic (exact) mass is 251 g/mol. The fraction of sp³-hybridized carbons (Fsp3) is 0.600. The third kappa shape index (κ3) is 3.70. The molecule has 1 aliphatic rings. The zero-order chi connectivity index (χ0) is 13.1. The van der Waals surface area contributed by atoms with Gasteiger partial charge in [0, 0.05) is 12.6 Å².